The van der Waals surface area contributed by atoms with E-state index in [2.05, 4.69) is 6.92 Å². The van der Waals surface area contributed by atoms with Crippen molar-refractivity contribution in [2.24, 2.45) is 0 Å². The highest BCUT2D eigenvalue weighted by Gasteiger charge is 2.29. The number of esters is 1. The molecule has 0 aromatic heterocycles. The smallest absolute Gasteiger partial charge is 0.306 e. The summed E-state index contributed by atoms with van der Waals surface area (Å²) in [6, 6.07) is 0. The zero-order valence-corrected chi connectivity index (χ0v) is 15.3. The molecule has 22 heavy (non-hydrogen) atoms. The number of rotatable bonds is 14. The van der Waals surface area contributed by atoms with E-state index in [1.165, 1.54) is 71.6 Å². The fourth-order valence-corrected chi connectivity index (χ4v) is 2.35. The van der Waals surface area contributed by atoms with E-state index in [0.717, 1.165) is 12.8 Å². The quantitative estimate of drug-likeness (QED) is 0.230. The highest BCUT2D eigenvalue weighted by atomic mass is 35.5. The van der Waals surface area contributed by atoms with Crippen molar-refractivity contribution in [2.75, 3.05) is 0 Å². The topological polar surface area (TPSA) is 43.4 Å². The van der Waals surface area contributed by atoms with Gasteiger partial charge in [-0.3, -0.25) is 9.59 Å². The molecule has 0 heterocycles. The van der Waals surface area contributed by atoms with Crippen LogP contribution in [0, 0.1) is 0 Å². The van der Waals surface area contributed by atoms with Crippen molar-refractivity contribution in [1.29, 1.82) is 0 Å². The van der Waals surface area contributed by atoms with Crippen molar-refractivity contribution in [3.63, 3.8) is 0 Å². The van der Waals surface area contributed by atoms with Gasteiger partial charge in [0.1, 0.15) is 0 Å². The molecule has 0 saturated carbocycles. The minimum Gasteiger partial charge on any atom is -0.450 e. The monoisotopic (exact) mass is 332 g/mol. The minimum atomic E-state index is -1.21. The van der Waals surface area contributed by atoms with Crippen molar-refractivity contribution in [3.05, 3.63) is 0 Å². The van der Waals surface area contributed by atoms with E-state index in [4.69, 9.17) is 16.3 Å². The van der Waals surface area contributed by atoms with Crippen LogP contribution in [0.2, 0.25) is 0 Å². The molecule has 0 aliphatic heterocycles. The molecule has 0 aliphatic carbocycles. The van der Waals surface area contributed by atoms with Crippen molar-refractivity contribution in [2.45, 2.75) is 103 Å². The second-order valence-corrected chi connectivity index (χ2v) is 6.89. The van der Waals surface area contributed by atoms with Gasteiger partial charge in [-0.05, 0) is 31.9 Å². The summed E-state index contributed by atoms with van der Waals surface area (Å²) in [6.45, 7) is 5.27. The zero-order chi connectivity index (χ0) is 16.8. The Morgan fingerprint density at radius 1 is 0.818 bits per heavy atom. The SMILES string of the molecule is CCCCCCCCCCCCCC(=O)OC(C)(C)C(=O)Cl. The molecule has 0 fully saturated rings. The molecule has 0 N–H and O–H groups in total. The van der Waals surface area contributed by atoms with Crippen molar-refractivity contribution in [3.8, 4) is 0 Å². The van der Waals surface area contributed by atoms with Crippen LogP contribution in [0.4, 0.5) is 0 Å². The van der Waals surface area contributed by atoms with Crippen LogP contribution in [-0.2, 0) is 14.3 Å². The summed E-state index contributed by atoms with van der Waals surface area (Å²) in [4.78, 5) is 22.6. The first-order chi connectivity index (χ1) is 10.4. The van der Waals surface area contributed by atoms with Crippen LogP contribution in [0.3, 0.4) is 0 Å². The minimum absolute atomic E-state index is 0.338. The van der Waals surface area contributed by atoms with E-state index < -0.39 is 10.8 Å². The number of carbonyl (C=O) groups is 2. The molecule has 0 atom stereocenters. The zero-order valence-electron chi connectivity index (χ0n) is 14.6. The fourth-order valence-electron chi connectivity index (χ4n) is 2.31. The third-order valence-corrected chi connectivity index (χ3v) is 4.28. The molecule has 0 unspecified atom stereocenters. The maximum Gasteiger partial charge on any atom is 0.306 e. The van der Waals surface area contributed by atoms with Crippen LogP contribution in [0.1, 0.15) is 97.8 Å². The van der Waals surface area contributed by atoms with Crippen LogP contribution < -0.4 is 0 Å². The molecule has 0 saturated heterocycles. The fraction of sp³-hybridized carbons (Fsp3) is 0.889. The third kappa shape index (κ3) is 12.0. The first kappa shape index (κ1) is 21.4. The summed E-state index contributed by atoms with van der Waals surface area (Å²) in [5.74, 6) is -0.338. The van der Waals surface area contributed by atoms with Gasteiger partial charge in [0.2, 0.25) is 0 Å². The lowest BCUT2D eigenvalue weighted by molar-refractivity contribution is -0.161. The summed E-state index contributed by atoms with van der Waals surface area (Å²) >= 11 is 5.37. The van der Waals surface area contributed by atoms with E-state index in [-0.39, 0.29) is 5.97 Å². The molecule has 0 bridgehead atoms. The van der Waals surface area contributed by atoms with Gasteiger partial charge in [-0.25, -0.2) is 0 Å². The van der Waals surface area contributed by atoms with Crippen LogP contribution in [0.5, 0.6) is 0 Å². The van der Waals surface area contributed by atoms with E-state index >= 15 is 0 Å². The molecule has 0 amide bonds. The second kappa shape index (κ2) is 12.9. The van der Waals surface area contributed by atoms with Crippen LogP contribution in [0.25, 0.3) is 0 Å². The standard InChI is InChI=1S/C18H33ClO3/c1-4-5-6-7-8-9-10-11-12-13-14-15-16(20)22-18(2,3)17(19)21/h4-15H2,1-3H3. The second-order valence-electron chi connectivity index (χ2n) is 6.54. The Labute approximate surface area is 141 Å². The van der Waals surface area contributed by atoms with E-state index in [1.54, 1.807) is 0 Å². The van der Waals surface area contributed by atoms with Crippen LogP contribution in [-0.4, -0.2) is 16.8 Å². The van der Waals surface area contributed by atoms with Gasteiger partial charge in [0.15, 0.2) is 5.60 Å². The number of hydrogen-bond acceptors (Lipinski definition) is 3. The summed E-state index contributed by atoms with van der Waals surface area (Å²) in [5, 5.41) is -0.639. The number of hydrogen-bond donors (Lipinski definition) is 0. The van der Waals surface area contributed by atoms with Crippen LogP contribution >= 0.6 is 11.6 Å². The average Bonchev–Trinajstić information content (AvgIpc) is 2.44. The highest BCUT2D eigenvalue weighted by Crippen LogP contribution is 2.16. The van der Waals surface area contributed by atoms with Gasteiger partial charge in [-0.1, -0.05) is 71.1 Å². The van der Waals surface area contributed by atoms with Crippen molar-refractivity contribution >= 4 is 22.8 Å². The van der Waals surface area contributed by atoms with Gasteiger partial charge >= 0.3 is 5.97 Å². The Bertz CT molecular complexity index is 313. The van der Waals surface area contributed by atoms with Crippen molar-refractivity contribution < 1.29 is 14.3 Å². The summed E-state index contributed by atoms with van der Waals surface area (Å²) in [7, 11) is 0. The number of ether oxygens (including phenoxy) is 1. The van der Waals surface area contributed by atoms with E-state index in [0.29, 0.717) is 6.42 Å². The Kier molecular flexibility index (Phi) is 12.6. The van der Waals surface area contributed by atoms with Gasteiger partial charge in [-0.15, -0.1) is 0 Å². The number of halogens is 1. The predicted molar refractivity (Wildman–Crippen MR) is 92.1 cm³/mol. The van der Waals surface area contributed by atoms with E-state index in [9.17, 15) is 9.59 Å². The first-order valence-electron chi connectivity index (χ1n) is 8.82. The molecule has 3 nitrogen and oxygen atoms in total. The maximum atomic E-state index is 11.6. The predicted octanol–water partition coefficient (Wildman–Crippen LogP) is 5.77. The third-order valence-electron chi connectivity index (χ3n) is 3.83. The highest BCUT2D eigenvalue weighted by molar-refractivity contribution is 6.65. The molecular formula is C18H33ClO3. The lowest BCUT2D eigenvalue weighted by Crippen LogP contribution is -2.34. The Morgan fingerprint density at radius 3 is 1.64 bits per heavy atom. The maximum absolute atomic E-state index is 11.6. The normalized spacial score (nSPS) is 11.5. The van der Waals surface area contributed by atoms with Gasteiger partial charge in [0.05, 0.1) is 0 Å². The largest absolute Gasteiger partial charge is 0.450 e. The summed E-state index contributed by atoms with van der Waals surface area (Å²) in [5.41, 5.74) is -1.21. The molecule has 4 heteroatoms. The van der Waals surface area contributed by atoms with Gasteiger partial charge in [0.25, 0.3) is 5.24 Å². The Hall–Kier alpha value is -0.570. The first-order valence-corrected chi connectivity index (χ1v) is 9.19. The molecule has 0 radical (unpaired) electrons. The molecular weight excluding hydrogens is 300 g/mol. The Morgan fingerprint density at radius 2 is 1.23 bits per heavy atom. The molecule has 130 valence electrons. The molecule has 0 spiro atoms. The van der Waals surface area contributed by atoms with Gasteiger partial charge < -0.3 is 4.74 Å². The Balaban J connectivity index is 3.39. The summed E-state index contributed by atoms with van der Waals surface area (Å²) < 4.78 is 5.07. The molecule has 0 aromatic carbocycles. The van der Waals surface area contributed by atoms with Crippen molar-refractivity contribution in [1.82, 2.24) is 0 Å². The molecule has 0 aromatic rings. The lowest BCUT2D eigenvalue weighted by atomic mass is 10.1. The lowest BCUT2D eigenvalue weighted by Gasteiger charge is -2.20. The van der Waals surface area contributed by atoms with Crippen LogP contribution in [0.15, 0.2) is 0 Å². The summed E-state index contributed by atoms with van der Waals surface area (Å²) in [6.07, 6.45) is 14.0. The molecule has 0 aliphatic rings. The van der Waals surface area contributed by atoms with Gasteiger partial charge in [-0.2, -0.15) is 0 Å². The molecule has 0 rings (SSSR count). The number of carbonyl (C=O) groups excluding carboxylic acids is 2. The van der Waals surface area contributed by atoms with E-state index in [1.807, 2.05) is 0 Å². The average molecular weight is 333 g/mol. The van der Waals surface area contributed by atoms with Gasteiger partial charge in [0, 0.05) is 6.42 Å². The number of unbranched alkanes of at least 4 members (excludes halogenated alkanes) is 10.